The highest BCUT2D eigenvalue weighted by Crippen LogP contribution is 2.36. The second kappa shape index (κ2) is 6.69. The van der Waals surface area contributed by atoms with E-state index in [2.05, 4.69) is 25.1 Å². The molecule has 0 aliphatic rings. The molecule has 3 aromatic rings. The smallest absolute Gasteiger partial charge is 0.325 e. The molecule has 1 unspecified atom stereocenters. The molecule has 0 saturated heterocycles. The lowest BCUT2D eigenvalue weighted by atomic mass is 10.5. The molecule has 11 heteroatoms. The van der Waals surface area contributed by atoms with Crippen molar-refractivity contribution < 1.29 is 4.79 Å². The number of anilines is 1. The number of nitrogens with zero attached hydrogens (tertiary/aromatic N) is 8. The van der Waals surface area contributed by atoms with Crippen molar-refractivity contribution in [1.82, 2.24) is 34.6 Å². The first-order valence-corrected chi connectivity index (χ1v) is 8.74. The molecule has 0 fully saturated rings. The fourth-order valence-corrected chi connectivity index (χ4v) is 4.04. The van der Waals surface area contributed by atoms with E-state index < -0.39 is 0 Å². The van der Waals surface area contributed by atoms with E-state index in [1.807, 2.05) is 11.5 Å². The normalized spacial score (nSPS) is 12.3. The molecule has 3 aromatic heterocycles. The Hall–Kier alpha value is -2.27. The molecular formula is C13H16N8OS2. The molecule has 126 valence electrons. The topological polar surface area (TPSA) is 92.9 Å². The Labute approximate surface area is 146 Å². The van der Waals surface area contributed by atoms with Gasteiger partial charge in [-0.1, -0.05) is 23.1 Å². The first kappa shape index (κ1) is 16.6. The third-order valence-corrected chi connectivity index (χ3v) is 5.44. The van der Waals surface area contributed by atoms with Gasteiger partial charge in [-0.15, -0.1) is 10.2 Å². The van der Waals surface area contributed by atoms with Gasteiger partial charge in [0, 0.05) is 21.1 Å². The van der Waals surface area contributed by atoms with Gasteiger partial charge in [-0.3, -0.25) is 4.90 Å². The highest BCUT2D eigenvalue weighted by molar-refractivity contribution is 8.01. The number of aromatic nitrogens is 6. The van der Waals surface area contributed by atoms with Crippen LogP contribution in [0.2, 0.25) is 0 Å². The lowest BCUT2D eigenvalue weighted by molar-refractivity contribution is 0.225. The Balaban J connectivity index is 1.76. The van der Waals surface area contributed by atoms with Crippen LogP contribution in [-0.4, -0.2) is 61.8 Å². The van der Waals surface area contributed by atoms with Gasteiger partial charge < -0.3 is 9.47 Å². The van der Waals surface area contributed by atoms with Crippen molar-refractivity contribution in [3.05, 3.63) is 18.9 Å². The van der Waals surface area contributed by atoms with Gasteiger partial charge in [0.15, 0.2) is 9.99 Å². The van der Waals surface area contributed by atoms with Crippen molar-refractivity contribution in [1.29, 1.82) is 0 Å². The van der Waals surface area contributed by atoms with Crippen LogP contribution in [0.5, 0.6) is 0 Å². The maximum absolute atomic E-state index is 12.0. The maximum Gasteiger partial charge on any atom is 0.325 e. The minimum absolute atomic E-state index is 0.0283. The number of hydrogen-bond acceptors (Lipinski definition) is 8. The van der Waals surface area contributed by atoms with Crippen molar-refractivity contribution in [3.63, 3.8) is 0 Å². The molecule has 9 nitrogen and oxygen atoms in total. The average molecular weight is 364 g/mol. The molecule has 0 aliphatic carbocycles. The van der Waals surface area contributed by atoms with Crippen LogP contribution < -0.4 is 4.90 Å². The number of thioether (sulfide) groups is 1. The number of urea groups is 1. The average Bonchev–Trinajstić information content (AvgIpc) is 3.20. The summed E-state index contributed by atoms with van der Waals surface area (Å²) in [5, 5.41) is 8.84. The summed E-state index contributed by atoms with van der Waals surface area (Å²) in [4.78, 5) is 27.5. The first-order chi connectivity index (χ1) is 11.5. The van der Waals surface area contributed by atoms with Crippen LogP contribution in [0.25, 0.3) is 11.2 Å². The number of amides is 2. The van der Waals surface area contributed by atoms with Gasteiger partial charge in [-0.2, -0.15) is 0 Å². The molecule has 0 spiro atoms. The van der Waals surface area contributed by atoms with Crippen LogP contribution in [0.15, 0.2) is 23.2 Å². The molecule has 0 aromatic carbocycles. The molecule has 3 heterocycles. The summed E-state index contributed by atoms with van der Waals surface area (Å²) in [6.07, 6.45) is 4.92. The minimum atomic E-state index is -0.145. The molecule has 3 rings (SSSR count). The summed E-state index contributed by atoms with van der Waals surface area (Å²) < 4.78 is 2.73. The van der Waals surface area contributed by atoms with E-state index in [-0.39, 0.29) is 11.4 Å². The zero-order valence-electron chi connectivity index (χ0n) is 13.6. The van der Waals surface area contributed by atoms with Crippen LogP contribution in [0.4, 0.5) is 9.93 Å². The Morgan fingerprint density at radius 3 is 2.83 bits per heavy atom. The van der Waals surface area contributed by atoms with Crippen LogP contribution >= 0.6 is 23.1 Å². The monoisotopic (exact) mass is 364 g/mol. The Bertz CT molecular complexity index is 860. The number of carbonyl (C=O) groups excluding carboxylic acids is 1. The van der Waals surface area contributed by atoms with Crippen LogP contribution in [0, 0.1) is 0 Å². The summed E-state index contributed by atoms with van der Waals surface area (Å²) >= 11 is 2.90. The van der Waals surface area contributed by atoms with Crippen molar-refractivity contribution in [2.45, 2.75) is 16.6 Å². The Morgan fingerprint density at radius 1 is 1.29 bits per heavy atom. The zero-order valence-corrected chi connectivity index (χ0v) is 15.2. The van der Waals surface area contributed by atoms with Gasteiger partial charge in [0.25, 0.3) is 0 Å². The maximum atomic E-state index is 12.0. The summed E-state index contributed by atoms with van der Waals surface area (Å²) in [6.45, 7) is 2.03. The summed E-state index contributed by atoms with van der Waals surface area (Å²) in [7, 11) is 5.08. The number of imidazole rings is 1. The molecule has 24 heavy (non-hydrogen) atoms. The second-order valence-electron chi connectivity index (χ2n) is 5.19. The third kappa shape index (κ3) is 3.17. The molecule has 0 N–H and O–H groups in total. The van der Waals surface area contributed by atoms with Crippen molar-refractivity contribution in [3.8, 4) is 0 Å². The predicted octanol–water partition coefficient (Wildman–Crippen LogP) is 2.11. The van der Waals surface area contributed by atoms with Crippen molar-refractivity contribution >= 4 is 45.4 Å². The largest absolute Gasteiger partial charge is 0.330 e. The lowest BCUT2D eigenvalue weighted by Gasteiger charge is -2.18. The molecule has 1 atom stereocenters. The second-order valence-corrected chi connectivity index (χ2v) is 7.71. The van der Waals surface area contributed by atoms with E-state index in [4.69, 9.17) is 0 Å². The van der Waals surface area contributed by atoms with Crippen molar-refractivity contribution in [2.75, 3.05) is 26.0 Å². The number of carbonyl (C=O) groups is 1. The van der Waals surface area contributed by atoms with E-state index in [9.17, 15) is 4.79 Å². The SMILES string of the molecule is CC(Sc1nnc(N(C)C(=O)N(C)C)s1)n1cnc2cncnc21. The number of hydrogen-bond donors (Lipinski definition) is 0. The van der Waals surface area contributed by atoms with Crippen LogP contribution in [0.3, 0.4) is 0 Å². The van der Waals surface area contributed by atoms with Gasteiger partial charge in [-0.05, 0) is 6.92 Å². The van der Waals surface area contributed by atoms with E-state index in [1.165, 1.54) is 39.2 Å². The number of rotatable bonds is 4. The molecule has 0 radical (unpaired) electrons. The standard InChI is InChI=1S/C13H16N8OS2/c1-8(21-7-16-9-5-14-6-15-10(9)21)23-12-18-17-11(24-12)20(4)13(22)19(2)3/h5-8H,1-4H3. The fraction of sp³-hybridized carbons (Fsp3) is 0.385. The Kier molecular flexibility index (Phi) is 4.62. The summed E-state index contributed by atoms with van der Waals surface area (Å²) in [5.74, 6) is 0. The quantitative estimate of drug-likeness (QED) is 0.517. The van der Waals surface area contributed by atoms with Gasteiger partial charge in [0.1, 0.15) is 11.8 Å². The van der Waals surface area contributed by atoms with Gasteiger partial charge >= 0.3 is 6.03 Å². The molecular weight excluding hydrogens is 348 g/mol. The molecule has 0 bridgehead atoms. The summed E-state index contributed by atoms with van der Waals surface area (Å²) in [5.41, 5.74) is 1.52. The molecule has 0 aliphatic heterocycles. The van der Waals surface area contributed by atoms with E-state index in [1.54, 1.807) is 33.7 Å². The minimum Gasteiger partial charge on any atom is -0.330 e. The highest BCUT2D eigenvalue weighted by atomic mass is 32.2. The predicted molar refractivity (Wildman–Crippen MR) is 93.3 cm³/mol. The van der Waals surface area contributed by atoms with Crippen molar-refractivity contribution in [2.24, 2.45) is 0 Å². The van der Waals surface area contributed by atoms with Crippen LogP contribution in [-0.2, 0) is 0 Å². The van der Waals surface area contributed by atoms with Gasteiger partial charge in [0.2, 0.25) is 5.13 Å². The van der Waals surface area contributed by atoms with E-state index in [0.717, 1.165) is 15.5 Å². The van der Waals surface area contributed by atoms with Gasteiger partial charge in [0.05, 0.1) is 17.9 Å². The molecule has 0 saturated carbocycles. The number of fused-ring (bicyclic) bond motifs is 1. The Morgan fingerprint density at radius 2 is 2.08 bits per heavy atom. The van der Waals surface area contributed by atoms with Crippen LogP contribution in [0.1, 0.15) is 12.3 Å². The highest BCUT2D eigenvalue weighted by Gasteiger charge is 2.19. The van der Waals surface area contributed by atoms with E-state index in [0.29, 0.717) is 5.13 Å². The fourth-order valence-electron chi connectivity index (χ4n) is 2.02. The lowest BCUT2D eigenvalue weighted by Crippen LogP contribution is -2.36. The summed E-state index contributed by atoms with van der Waals surface area (Å²) in [6, 6.07) is -0.145. The first-order valence-electron chi connectivity index (χ1n) is 7.05. The van der Waals surface area contributed by atoms with E-state index >= 15 is 0 Å². The zero-order chi connectivity index (χ0) is 17.3. The van der Waals surface area contributed by atoms with Gasteiger partial charge in [-0.25, -0.2) is 19.7 Å². The molecule has 2 amide bonds. The third-order valence-electron chi connectivity index (χ3n) is 3.25.